The highest BCUT2D eigenvalue weighted by Gasteiger charge is 2.29. The van der Waals surface area contributed by atoms with Crippen molar-refractivity contribution >= 4 is 17.5 Å². The number of nitrogens with one attached hydrogen (secondary N) is 1. The fourth-order valence-corrected chi connectivity index (χ4v) is 1.53. The van der Waals surface area contributed by atoms with Crippen LogP contribution in [0.4, 0.5) is 0 Å². The van der Waals surface area contributed by atoms with Gasteiger partial charge in [-0.2, -0.15) is 5.10 Å². The predicted molar refractivity (Wildman–Crippen MR) is 52.8 cm³/mol. The number of halogens is 1. The van der Waals surface area contributed by atoms with Crippen LogP contribution < -0.4 is 5.32 Å². The molecule has 5 heteroatoms. The minimum atomic E-state index is 0.127. The highest BCUT2D eigenvalue weighted by molar-refractivity contribution is 6.31. The van der Waals surface area contributed by atoms with Gasteiger partial charge in [-0.3, -0.25) is 9.48 Å². The van der Waals surface area contributed by atoms with Crippen LogP contribution in [-0.2, 0) is 18.4 Å². The van der Waals surface area contributed by atoms with Crippen molar-refractivity contribution in [3.05, 3.63) is 16.9 Å². The highest BCUT2D eigenvalue weighted by Crippen LogP contribution is 2.28. The zero-order chi connectivity index (χ0) is 10.1. The fraction of sp³-hybridized carbons (Fsp3) is 0.556. The average molecular weight is 214 g/mol. The number of aromatic nitrogens is 2. The van der Waals surface area contributed by atoms with E-state index in [-0.39, 0.29) is 11.8 Å². The van der Waals surface area contributed by atoms with Crippen molar-refractivity contribution in [2.24, 2.45) is 13.0 Å². The first kappa shape index (κ1) is 9.52. The number of aryl methyl sites for hydroxylation is 1. The van der Waals surface area contributed by atoms with E-state index in [1.54, 1.807) is 10.9 Å². The number of amides is 1. The van der Waals surface area contributed by atoms with Crippen LogP contribution in [0, 0.1) is 5.92 Å². The van der Waals surface area contributed by atoms with Crippen LogP contribution in [0.3, 0.4) is 0 Å². The summed E-state index contributed by atoms with van der Waals surface area (Å²) in [5.41, 5.74) is 0.848. The molecule has 2 rings (SSSR count). The van der Waals surface area contributed by atoms with Gasteiger partial charge in [-0.15, -0.1) is 0 Å². The molecular formula is C9H12ClN3O. The maximum absolute atomic E-state index is 11.3. The van der Waals surface area contributed by atoms with E-state index in [0.717, 1.165) is 18.5 Å². The van der Waals surface area contributed by atoms with E-state index < -0.39 is 0 Å². The van der Waals surface area contributed by atoms with E-state index in [2.05, 4.69) is 10.4 Å². The van der Waals surface area contributed by atoms with E-state index in [0.29, 0.717) is 11.6 Å². The predicted octanol–water partition coefficient (Wildman–Crippen LogP) is 1.10. The summed E-state index contributed by atoms with van der Waals surface area (Å²) in [6.07, 6.45) is 3.62. The normalized spacial score (nSPS) is 15.6. The summed E-state index contributed by atoms with van der Waals surface area (Å²) in [4.78, 5) is 11.3. The molecule has 1 aromatic rings. The molecule has 1 saturated carbocycles. The summed E-state index contributed by atoms with van der Waals surface area (Å²) in [6, 6.07) is 0. The summed E-state index contributed by atoms with van der Waals surface area (Å²) >= 11 is 5.89. The van der Waals surface area contributed by atoms with Crippen molar-refractivity contribution in [2.45, 2.75) is 19.4 Å². The molecular weight excluding hydrogens is 202 g/mol. The average Bonchev–Trinajstić information content (AvgIpc) is 2.93. The van der Waals surface area contributed by atoms with Gasteiger partial charge >= 0.3 is 0 Å². The van der Waals surface area contributed by atoms with Gasteiger partial charge in [0.1, 0.15) is 0 Å². The van der Waals surface area contributed by atoms with Crippen LogP contribution in [0.2, 0.25) is 5.02 Å². The Labute approximate surface area is 87.2 Å². The molecule has 14 heavy (non-hydrogen) atoms. The van der Waals surface area contributed by atoms with Crippen LogP contribution >= 0.6 is 11.6 Å². The molecule has 1 N–H and O–H groups in total. The third-order valence-corrected chi connectivity index (χ3v) is 2.70. The molecule has 4 nitrogen and oxygen atoms in total. The molecule has 0 bridgehead atoms. The quantitative estimate of drug-likeness (QED) is 0.818. The number of carbonyl (C=O) groups is 1. The summed E-state index contributed by atoms with van der Waals surface area (Å²) in [5.74, 6) is 0.365. The van der Waals surface area contributed by atoms with Crippen molar-refractivity contribution < 1.29 is 4.79 Å². The second kappa shape index (κ2) is 3.61. The van der Waals surface area contributed by atoms with Crippen LogP contribution in [0.5, 0.6) is 0 Å². The lowest BCUT2D eigenvalue weighted by molar-refractivity contribution is -0.122. The molecule has 1 aliphatic rings. The van der Waals surface area contributed by atoms with E-state index in [1.165, 1.54) is 0 Å². The summed E-state index contributed by atoms with van der Waals surface area (Å²) in [5, 5.41) is 7.43. The third kappa shape index (κ3) is 1.90. The van der Waals surface area contributed by atoms with Gasteiger partial charge in [-0.1, -0.05) is 11.6 Å². The Balaban J connectivity index is 1.93. The lowest BCUT2D eigenvalue weighted by Crippen LogP contribution is -2.25. The fourth-order valence-electron chi connectivity index (χ4n) is 1.30. The van der Waals surface area contributed by atoms with Gasteiger partial charge in [0.15, 0.2) is 0 Å². The molecule has 1 aliphatic carbocycles. The largest absolute Gasteiger partial charge is 0.350 e. The van der Waals surface area contributed by atoms with Gasteiger partial charge in [0.05, 0.1) is 23.5 Å². The summed E-state index contributed by atoms with van der Waals surface area (Å²) < 4.78 is 1.68. The molecule has 1 aromatic heterocycles. The molecule has 0 radical (unpaired) electrons. The molecule has 0 saturated heterocycles. The maximum Gasteiger partial charge on any atom is 0.223 e. The molecule has 1 heterocycles. The standard InChI is InChI=1S/C9H12ClN3O/c1-13-8(7(10)4-12-13)5-11-9(14)6-2-3-6/h4,6H,2-3,5H2,1H3,(H,11,14). The SMILES string of the molecule is Cn1ncc(Cl)c1CNC(=O)C1CC1. The minimum Gasteiger partial charge on any atom is -0.350 e. The Hall–Kier alpha value is -1.03. The van der Waals surface area contributed by atoms with Gasteiger partial charge in [-0.05, 0) is 12.8 Å². The number of hydrogen-bond donors (Lipinski definition) is 1. The smallest absolute Gasteiger partial charge is 0.223 e. The Morgan fingerprint density at radius 1 is 1.79 bits per heavy atom. The summed E-state index contributed by atoms with van der Waals surface area (Å²) in [7, 11) is 1.81. The first-order chi connectivity index (χ1) is 6.68. The van der Waals surface area contributed by atoms with E-state index >= 15 is 0 Å². The Bertz CT molecular complexity index is 337. The molecule has 0 aliphatic heterocycles. The Kier molecular flexibility index (Phi) is 2.46. The molecule has 0 aromatic carbocycles. The number of nitrogens with zero attached hydrogens (tertiary/aromatic N) is 2. The zero-order valence-electron chi connectivity index (χ0n) is 7.96. The van der Waals surface area contributed by atoms with Crippen molar-refractivity contribution in [1.29, 1.82) is 0 Å². The van der Waals surface area contributed by atoms with Crippen molar-refractivity contribution in [3.8, 4) is 0 Å². The van der Waals surface area contributed by atoms with Gasteiger partial charge in [0.25, 0.3) is 0 Å². The molecule has 0 unspecified atom stereocenters. The van der Waals surface area contributed by atoms with Gasteiger partial charge < -0.3 is 5.32 Å². The van der Waals surface area contributed by atoms with Crippen LogP contribution in [-0.4, -0.2) is 15.7 Å². The van der Waals surface area contributed by atoms with E-state index in [1.807, 2.05) is 7.05 Å². The third-order valence-electron chi connectivity index (χ3n) is 2.39. The van der Waals surface area contributed by atoms with Crippen LogP contribution in [0.15, 0.2) is 6.20 Å². The second-order valence-corrected chi connectivity index (χ2v) is 3.96. The molecule has 1 fully saturated rings. The lowest BCUT2D eigenvalue weighted by Gasteiger charge is -2.04. The molecule has 0 spiro atoms. The van der Waals surface area contributed by atoms with Crippen LogP contribution in [0.25, 0.3) is 0 Å². The maximum atomic E-state index is 11.3. The highest BCUT2D eigenvalue weighted by atomic mass is 35.5. The number of carbonyl (C=O) groups excluding carboxylic acids is 1. The molecule has 76 valence electrons. The van der Waals surface area contributed by atoms with Gasteiger partial charge in [0.2, 0.25) is 5.91 Å². The summed E-state index contributed by atoms with van der Waals surface area (Å²) in [6.45, 7) is 0.463. The Morgan fingerprint density at radius 3 is 3.00 bits per heavy atom. The van der Waals surface area contributed by atoms with E-state index in [4.69, 9.17) is 11.6 Å². The van der Waals surface area contributed by atoms with Gasteiger partial charge in [0, 0.05) is 13.0 Å². The topological polar surface area (TPSA) is 46.9 Å². The second-order valence-electron chi connectivity index (χ2n) is 3.55. The number of hydrogen-bond acceptors (Lipinski definition) is 2. The minimum absolute atomic E-state index is 0.127. The van der Waals surface area contributed by atoms with Crippen molar-refractivity contribution in [3.63, 3.8) is 0 Å². The van der Waals surface area contributed by atoms with E-state index in [9.17, 15) is 4.79 Å². The molecule has 0 atom stereocenters. The molecule has 1 amide bonds. The Morgan fingerprint density at radius 2 is 2.50 bits per heavy atom. The van der Waals surface area contributed by atoms with Crippen molar-refractivity contribution in [2.75, 3.05) is 0 Å². The number of rotatable bonds is 3. The monoisotopic (exact) mass is 213 g/mol. The zero-order valence-corrected chi connectivity index (χ0v) is 8.71. The van der Waals surface area contributed by atoms with Gasteiger partial charge in [-0.25, -0.2) is 0 Å². The van der Waals surface area contributed by atoms with Crippen molar-refractivity contribution in [1.82, 2.24) is 15.1 Å². The first-order valence-electron chi connectivity index (χ1n) is 4.62. The first-order valence-corrected chi connectivity index (χ1v) is 5.00. The van der Waals surface area contributed by atoms with Crippen LogP contribution in [0.1, 0.15) is 18.5 Å². The lowest BCUT2D eigenvalue weighted by atomic mass is 10.3.